The number of benzene rings is 2. The number of likely N-dealkylation sites (tertiary alicyclic amines) is 1. The molecule has 3 aromatic rings. The quantitative estimate of drug-likeness (QED) is 0.630. The van der Waals surface area contributed by atoms with E-state index in [0.717, 1.165) is 67.7 Å². The van der Waals surface area contributed by atoms with Crippen LogP contribution in [0.25, 0.3) is 22.0 Å². The van der Waals surface area contributed by atoms with Crippen LogP contribution in [-0.2, 0) is 9.59 Å². The Morgan fingerprint density at radius 2 is 1.82 bits per heavy atom. The second-order valence-corrected chi connectivity index (χ2v) is 10.4. The van der Waals surface area contributed by atoms with Crippen molar-refractivity contribution in [3.63, 3.8) is 0 Å². The number of hydrogen-bond acceptors (Lipinski definition) is 3. The normalized spacial score (nSPS) is 23.2. The Morgan fingerprint density at radius 3 is 2.59 bits per heavy atom. The van der Waals surface area contributed by atoms with E-state index in [0.29, 0.717) is 18.4 Å². The van der Waals surface area contributed by atoms with Crippen LogP contribution in [0.3, 0.4) is 0 Å². The molecule has 4 aliphatic rings. The Hall–Kier alpha value is -3.41. The van der Waals surface area contributed by atoms with Crippen LogP contribution in [0.5, 0.6) is 0 Å². The van der Waals surface area contributed by atoms with Crippen molar-refractivity contribution in [3.8, 4) is 11.1 Å². The van der Waals surface area contributed by atoms with Gasteiger partial charge in [-0.15, -0.1) is 0 Å². The largest absolute Gasteiger partial charge is 0.361 e. The molecule has 34 heavy (non-hydrogen) atoms. The molecule has 3 fully saturated rings. The third-order valence-electron chi connectivity index (χ3n) is 7.96. The van der Waals surface area contributed by atoms with Gasteiger partial charge in [-0.1, -0.05) is 36.4 Å². The second-order valence-electron chi connectivity index (χ2n) is 10.4. The summed E-state index contributed by atoms with van der Waals surface area (Å²) in [5, 5.41) is 1.20. The Balaban J connectivity index is 1.14. The molecule has 0 bridgehead atoms. The van der Waals surface area contributed by atoms with Crippen LogP contribution in [0.1, 0.15) is 37.7 Å². The Kier molecular flexibility index (Phi) is 4.29. The van der Waals surface area contributed by atoms with Crippen LogP contribution in [0, 0.1) is 11.8 Å². The lowest BCUT2D eigenvalue weighted by Crippen LogP contribution is -2.40. The fraction of sp³-hybridized carbons (Fsp3) is 0.393. The maximum absolute atomic E-state index is 13.3. The number of carbonyl (C=O) groups excluding carboxylic acids is 2. The Labute approximate surface area is 198 Å². The molecule has 0 radical (unpaired) electrons. The number of nitrogens with zero attached hydrogens (tertiary/aromatic N) is 3. The number of amides is 2. The van der Waals surface area contributed by atoms with Gasteiger partial charge >= 0.3 is 0 Å². The average Bonchev–Trinajstić information content (AvgIpc) is 3.74. The topological polar surface area (TPSA) is 68.8 Å². The molecule has 1 N–H and O–H groups in total. The lowest BCUT2D eigenvalue weighted by Gasteiger charge is -2.23. The number of aromatic amines is 1. The zero-order valence-electron chi connectivity index (χ0n) is 19.2. The number of amidine groups is 1. The zero-order valence-corrected chi connectivity index (χ0v) is 19.2. The van der Waals surface area contributed by atoms with Gasteiger partial charge in [0.05, 0.1) is 0 Å². The van der Waals surface area contributed by atoms with Crippen molar-refractivity contribution in [2.24, 2.45) is 16.8 Å². The highest BCUT2D eigenvalue weighted by atomic mass is 16.2. The molecular weight excluding hydrogens is 424 g/mol. The van der Waals surface area contributed by atoms with E-state index in [1.165, 1.54) is 10.9 Å². The minimum Gasteiger partial charge on any atom is -0.361 e. The number of aliphatic imine (C=N–C) groups is 1. The van der Waals surface area contributed by atoms with Gasteiger partial charge in [-0.2, -0.15) is 0 Å². The number of rotatable bonds is 5. The number of hydrogen-bond donors (Lipinski definition) is 1. The Bertz CT molecular complexity index is 1330. The summed E-state index contributed by atoms with van der Waals surface area (Å²) >= 11 is 0. The first kappa shape index (κ1) is 20.0. The van der Waals surface area contributed by atoms with Gasteiger partial charge in [-0.3, -0.25) is 19.5 Å². The highest BCUT2D eigenvalue weighted by Crippen LogP contribution is 2.46. The van der Waals surface area contributed by atoms with Crippen molar-refractivity contribution in [1.82, 2.24) is 14.8 Å². The van der Waals surface area contributed by atoms with Crippen molar-refractivity contribution in [1.29, 1.82) is 0 Å². The van der Waals surface area contributed by atoms with Crippen LogP contribution in [0.4, 0.5) is 0 Å². The summed E-state index contributed by atoms with van der Waals surface area (Å²) in [6.45, 7) is 2.23. The number of H-pyrrole nitrogens is 1. The van der Waals surface area contributed by atoms with E-state index in [9.17, 15) is 9.59 Å². The fourth-order valence-corrected chi connectivity index (χ4v) is 5.66. The van der Waals surface area contributed by atoms with Crippen LogP contribution in [0.2, 0.25) is 0 Å². The van der Waals surface area contributed by atoms with E-state index < -0.39 is 5.54 Å². The molecule has 2 aliphatic heterocycles. The van der Waals surface area contributed by atoms with E-state index in [4.69, 9.17) is 4.99 Å². The first-order valence-electron chi connectivity index (χ1n) is 12.5. The predicted octanol–water partition coefficient (Wildman–Crippen LogP) is 4.21. The van der Waals surface area contributed by atoms with Gasteiger partial charge in [0.1, 0.15) is 11.4 Å². The van der Waals surface area contributed by atoms with Crippen molar-refractivity contribution in [2.45, 2.75) is 37.6 Å². The van der Waals surface area contributed by atoms with Crippen LogP contribution >= 0.6 is 0 Å². The fourth-order valence-electron chi connectivity index (χ4n) is 5.66. The summed E-state index contributed by atoms with van der Waals surface area (Å²) in [6, 6.07) is 16.9. The summed E-state index contributed by atoms with van der Waals surface area (Å²) in [6.07, 6.45) is 6.70. The highest BCUT2D eigenvalue weighted by molar-refractivity contribution is 6.16. The first-order chi connectivity index (χ1) is 16.6. The number of nitrogens with one attached hydrogen (secondary N) is 1. The van der Waals surface area contributed by atoms with Gasteiger partial charge < -0.3 is 9.88 Å². The highest BCUT2D eigenvalue weighted by Gasteiger charge is 2.57. The number of carbonyl (C=O) groups is 2. The van der Waals surface area contributed by atoms with Crippen molar-refractivity contribution < 1.29 is 9.59 Å². The average molecular weight is 453 g/mol. The number of aromatic nitrogens is 1. The van der Waals surface area contributed by atoms with E-state index in [1.54, 1.807) is 0 Å². The zero-order chi connectivity index (χ0) is 22.9. The summed E-state index contributed by atoms with van der Waals surface area (Å²) < 4.78 is 0. The van der Waals surface area contributed by atoms with Gasteiger partial charge in [0.15, 0.2) is 0 Å². The van der Waals surface area contributed by atoms with Crippen molar-refractivity contribution in [2.75, 3.05) is 19.6 Å². The molecule has 2 aromatic carbocycles. The minimum atomic E-state index is -0.521. The standard InChI is InChI=1S/C28H28N4O2/c33-26(21-8-9-21)31-15-11-18(16-31)17-32-25(30-28(12-13-28)27(32)34)20-6-4-19(5-7-20)22-2-1-3-24-23(22)10-14-29-24/h1-7,10,14,18,21,29H,8-9,11-13,15-17H2/t18-/m1/s1. The molecule has 1 aromatic heterocycles. The SMILES string of the molecule is O=C(C1CC1)N1CC[C@@H](CN2C(=O)C3(CC3)N=C2c2ccc(-c3cccc4[nH]ccc34)cc2)C1. The smallest absolute Gasteiger partial charge is 0.256 e. The van der Waals surface area contributed by atoms with Crippen LogP contribution < -0.4 is 0 Å². The molecule has 1 atom stereocenters. The molecule has 2 amide bonds. The first-order valence-corrected chi connectivity index (χ1v) is 12.5. The molecule has 0 unspecified atom stereocenters. The van der Waals surface area contributed by atoms with Crippen molar-refractivity contribution >= 4 is 28.6 Å². The van der Waals surface area contributed by atoms with E-state index >= 15 is 0 Å². The third kappa shape index (κ3) is 3.19. The van der Waals surface area contributed by atoms with Gasteiger partial charge in [-0.05, 0) is 61.3 Å². The minimum absolute atomic E-state index is 0.149. The van der Waals surface area contributed by atoms with Gasteiger partial charge in [-0.25, -0.2) is 0 Å². The molecule has 1 saturated heterocycles. The molecule has 6 nitrogen and oxygen atoms in total. The van der Waals surface area contributed by atoms with Gasteiger partial charge in [0, 0.05) is 48.2 Å². The molecule has 172 valence electrons. The molecule has 2 saturated carbocycles. The second kappa shape index (κ2) is 7.29. The molecule has 7 rings (SSSR count). The van der Waals surface area contributed by atoms with E-state index in [2.05, 4.69) is 53.5 Å². The van der Waals surface area contributed by atoms with Crippen molar-refractivity contribution in [3.05, 3.63) is 60.3 Å². The van der Waals surface area contributed by atoms with E-state index in [-0.39, 0.29) is 11.8 Å². The number of fused-ring (bicyclic) bond motifs is 1. The molecule has 2 aliphatic carbocycles. The maximum Gasteiger partial charge on any atom is 0.256 e. The molecular formula is C28H28N4O2. The molecule has 3 heterocycles. The third-order valence-corrected chi connectivity index (χ3v) is 7.96. The predicted molar refractivity (Wildman–Crippen MR) is 131 cm³/mol. The molecule has 1 spiro atoms. The molecule has 6 heteroatoms. The Morgan fingerprint density at radius 1 is 1.03 bits per heavy atom. The lowest BCUT2D eigenvalue weighted by molar-refractivity contribution is -0.131. The summed E-state index contributed by atoms with van der Waals surface area (Å²) in [4.78, 5) is 38.0. The van der Waals surface area contributed by atoms with E-state index in [1.807, 2.05) is 16.0 Å². The monoisotopic (exact) mass is 452 g/mol. The lowest BCUT2D eigenvalue weighted by atomic mass is 10.00. The summed E-state index contributed by atoms with van der Waals surface area (Å²) in [5.74, 6) is 1.85. The van der Waals surface area contributed by atoms with Crippen LogP contribution in [-0.4, -0.2) is 57.6 Å². The summed E-state index contributed by atoms with van der Waals surface area (Å²) in [7, 11) is 0. The van der Waals surface area contributed by atoms with Crippen LogP contribution in [0.15, 0.2) is 59.7 Å². The maximum atomic E-state index is 13.3. The van der Waals surface area contributed by atoms with Gasteiger partial charge in [0.25, 0.3) is 5.91 Å². The van der Waals surface area contributed by atoms with Gasteiger partial charge in [0.2, 0.25) is 5.91 Å². The summed E-state index contributed by atoms with van der Waals surface area (Å²) in [5.41, 5.74) is 3.94.